The molecule has 8 heteroatoms. The third-order valence-electron chi connectivity index (χ3n) is 4.47. The Morgan fingerprint density at radius 1 is 0.903 bits per heavy atom. The second-order valence-corrected chi connectivity index (χ2v) is 6.68. The number of nitrogens with one attached hydrogen (secondary N) is 2. The monoisotopic (exact) mass is 431 g/mol. The van der Waals surface area contributed by atoms with Gasteiger partial charge in [0.25, 0.3) is 0 Å². The van der Waals surface area contributed by atoms with E-state index in [4.69, 9.17) is 23.7 Å². The van der Waals surface area contributed by atoms with E-state index in [9.17, 15) is 0 Å². The van der Waals surface area contributed by atoms with Crippen LogP contribution >= 0.6 is 0 Å². The fraction of sp³-hybridized carbons (Fsp3) is 0.435. The van der Waals surface area contributed by atoms with E-state index in [1.54, 1.807) is 28.4 Å². The maximum atomic E-state index is 5.96. The number of ether oxygens (including phenoxy) is 5. The highest BCUT2D eigenvalue weighted by Gasteiger charge is 2.15. The molecule has 0 amide bonds. The lowest BCUT2D eigenvalue weighted by molar-refractivity contribution is 0.223. The molecule has 0 aliphatic carbocycles. The molecule has 31 heavy (non-hydrogen) atoms. The lowest BCUT2D eigenvalue weighted by Crippen LogP contribution is -2.41. The number of benzene rings is 2. The van der Waals surface area contributed by atoms with Crippen LogP contribution < -0.4 is 34.3 Å². The van der Waals surface area contributed by atoms with Crippen LogP contribution in [0.2, 0.25) is 0 Å². The zero-order valence-corrected chi connectivity index (χ0v) is 19.2. The van der Waals surface area contributed by atoms with Crippen molar-refractivity contribution in [2.75, 3.05) is 41.5 Å². The van der Waals surface area contributed by atoms with Gasteiger partial charge in [0.1, 0.15) is 17.6 Å². The van der Waals surface area contributed by atoms with Crippen LogP contribution in [-0.2, 0) is 6.54 Å². The van der Waals surface area contributed by atoms with Gasteiger partial charge in [-0.3, -0.25) is 0 Å². The molecule has 8 nitrogen and oxygen atoms in total. The van der Waals surface area contributed by atoms with Crippen LogP contribution in [0.4, 0.5) is 0 Å². The Labute approximate surface area is 184 Å². The molecule has 1 unspecified atom stereocenters. The van der Waals surface area contributed by atoms with E-state index in [-0.39, 0.29) is 6.10 Å². The van der Waals surface area contributed by atoms with Gasteiger partial charge in [-0.05, 0) is 38.1 Å². The molecule has 0 bridgehead atoms. The fourth-order valence-corrected chi connectivity index (χ4v) is 2.98. The van der Waals surface area contributed by atoms with E-state index in [2.05, 4.69) is 15.6 Å². The van der Waals surface area contributed by atoms with Crippen LogP contribution in [-0.4, -0.2) is 53.6 Å². The molecule has 2 rings (SSSR count). The van der Waals surface area contributed by atoms with E-state index in [0.717, 1.165) is 23.6 Å². The maximum absolute atomic E-state index is 5.96. The molecular formula is C23H33N3O5. The summed E-state index contributed by atoms with van der Waals surface area (Å²) in [7, 11) is 6.42. The van der Waals surface area contributed by atoms with Crippen LogP contribution in [0.3, 0.4) is 0 Å². The van der Waals surface area contributed by atoms with Crippen molar-refractivity contribution in [1.29, 1.82) is 0 Å². The van der Waals surface area contributed by atoms with Gasteiger partial charge in [-0.2, -0.15) is 0 Å². The number of hydrogen-bond donors (Lipinski definition) is 2. The van der Waals surface area contributed by atoms with E-state index >= 15 is 0 Å². The Hall–Kier alpha value is -3.29. The van der Waals surface area contributed by atoms with E-state index in [1.165, 1.54) is 0 Å². The summed E-state index contributed by atoms with van der Waals surface area (Å²) in [4.78, 5) is 4.67. The fourth-order valence-electron chi connectivity index (χ4n) is 2.98. The van der Waals surface area contributed by atoms with Crippen LogP contribution in [0.1, 0.15) is 19.4 Å². The molecule has 0 aliphatic rings. The molecule has 2 aromatic rings. The minimum Gasteiger partial charge on any atom is -0.497 e. The Morgan fingerprint density at radius 2 is 1.65 bits per heavy atom. The van der Waals surface area contributed by atoms with E-state index in [1.807, 2.05) is 50.2 Å². The average Bonchev–Trinajstić information content (AvgIpc) is 2.80. The van der Waals surface area contributed by atoms with Gasteiger partial charge >= 0.3 is 0 Å². The molecule has 170 valence electrons. The molecule has 0 aromatic heterocycles. The van der Waals surface area contributed by atoms with Gasteiger partial charge in [-0.1, -0.05) is 6.07 Å². The standard InChI is InChI=1S/C23H33N3O5/c1-7-24-23(25-14-16(2)31-19-10-8-9-18(13-19)27-3)26-15-17-11-12-20(28-4)22(30-6)21(17)29-5/h8-13,16H,7,14-15H2,1-6H3,(H2,24,25,26). The highest BCUT2D eigenvalue weighted by molar-refractivity contribution is 5.79. The first-order valence-corrected chi connectivity index (χ1v) is 10.2. The highest BCUT2D eigenvalue weighted by Crippen LogP contribution is 2.39. The normalized spacial score (nSPS) is 12.0. The maximum Gasteiger partial charge on any atom is 0.203 e. The summed E-state index contributed by atoms with van der Waals surface area (Å²) in [5, 5.41) is 6.56. The van der Waals surface area contributed by atoms with Crippen LogP contribution in [0.25, 0.3) is 0 Å². The van der Waals surface area contributed by atoms with Crippen LogP contribution in [0.5, 0.6) is 28.7 Å². The Balaban J connectivity index is 2.05. The number of methoxy groups -OCH3 is 4. The number of aliphatic imine (C=N–C) groups is 1. The minimum atomic E-state index is -0.0772. The molecule has 0 fully saturated rings. The molecule has 0 aliphatic heterocycles. The molecule has 0 spiro atoms. The Bertz CT molecular complexity index is 857. The number of nitrogens with zero attached hydrogens (tertiary/aromatic N) is 1. The topological polar surface area (TPSA) is 82.6 Å². The van der Waals surface area contributed by atoms with Gasteiger partial charge in [0.15, 0.2) is 17.5 Å². The average molecular weight is 432 g/mol. The molecule has 0 saturated heterocycles. The summed E-state index contributed by atoms with van der Waals surface area (Å²) in [6.07, 6.45) is -0.0772. The van der Waals surface area contributed by atoms with Gasteiger partial charge in [0.2, 0.25) is 5.75 Å². The van der Waals surface area contributed by atoms with Crippen molar-refractivity contribution in [3.8, 4) is 28.7 Å². The first-order chi connectivity index (χ1) is 15.1. The van der Waals surface area contributed by atoms with E-state index in [0.29, 0.717) is 36.3 Å². The van der Waals surface area contributed by atoms with Crippen molar-refractivity contribution in [3.05, 3.63) is 42.0 Å². The second kappa shape index (κ2) is 12.4. The minimum absolute atomic E-state index is 0.0772. The lowest BCUT2D eigenvalue weighted by atomic mass is 10.1. The highest BCUT2D eigenvalue weighted by atomic mass is 16.5. The summed E-state index contributed by atoms with van der Waals surface area (Å²) in [5.74, 6) is 3.97. The third-order valence-corrected chi connectivity index (χ3v) is 4.47. The van der Waals surface area contributed by atoms with Crippen molar-refractivity contribution >= 4 is 5.96 Å². The Morgan fingerprint density at radius 3 is 2.29 bits per heavy atom. The quantitative estimate of drug-likeness (QED) is 0.417. The summed E-state index contributed by atoms with van der Waals surface area (Å²) >= 11 is 0. The van der Waals surface area contributed by atoms with Crippen molar-refractivity contribution < 1.29 is 23.7 Å². The van der Waals surface area contributed by atoms with E-state index < -0.39 is 0 Å². The number of guanidine groups is 1. The summed E-state index contributed by atoms with van der Waals surface area (Å²) in [6, 6.07) is 11.3. The third kappa shape index (κ3) is 6.87. The summed E-state index contributed by atoms with van der Waals surface area (Å²) in [5.41, 5.74) is 0.887. The first-order valence-electron chi connectivity index (χ1n) is 10.2. The molecule has 2 N–H and O–H groups in total. The van der Waals surface area contributed by atoms with Crippen LogP contribution in [0.15, 0.2) is 41.4 Å². The molecule has 0 saturated carbocycles. The van der Waals surface area contributed by atoms with Gasteiger partial charge in [0, 0.05) is 18.2 Å². The van der Waals surface area contributed by atoms with Crippen LogP contribution in [0, 0.1) is 0 Å². The van der Waals surface area contributed by atoms with Gasteiger partial charge < -0.3 is 34.3 Å². The molecule has 0 radical (unpaired) electrons. The summed E-state index contributed by atoms with van der Waals surface area (Å²) in [6.45, 7) is 5.73. The molecule has 1 atom stereocenters. The number of hydrogen-bond acceptors (Lipinski definition) is 6. The smallest absolute Gasteiger partial charge is 0.203 e. The van der Waals surface area contributed by atoms with Crippen molar-refractivity contribution in [1.82, 2.24) is 10.6 Å². The SMILES string of the molecule is CCNC(=NCc1ccc(OC)c(OC)c1OC)NCC(C)Oc1cccc(OC)c1. The van der Waals surface area contributed by atoms with Gasteiger partial charge in [-0.25, -0.2) is 4.99 Å². The second-order valence-electron chi connectivity index (χ2n) is 6.68. The Kier molecular flexibility index (Phi) is 9.61. The van der Waals surface area contributed by atoms with Gasteiger partial charge in [-0.15, -0.1) is 0 Å². The first kappa shape index (κ1) is 24.0. The predicted molar refractivity (Wildman–Crippen MR) is 122 cm³/mol. The lowest BCUT2D eigenvalue weighted by Gasteiger charge is -2.18. The zero-order valence-electron chi connectivity index (χ0n) is 19.2. The molecule has 0 heterocycles. The van der Waals surface area contributed by atoms with Crippen molar-refractivity contribution in [2.45, 2.75) is 26.5 Å². The predicted octanol–water partition coefficient (Wildman–Crippen LogP) is 3.24. The van der Waals surface area contributed by atoms with Gasteiger partial charge in [0.05, 0.1) is 41.5 Å². The zero-order chi connectivity index (χ0) is 22.6. The summed E-state index contributed by atoms with van der Waals surface area (Å²) < 4.78 is 27.5. The molecule has 2 aromatic carbocycles. The van der Waals surface area contributed by atoms with Crippen molar-refractivity contribution in [2.24, 2.45) is 4.99 Å². The molecular weight excluding hydrogens is 398 g/mol. The van der Waals surface area contributed by atoms with Crippen molar-refractivity contribution in [3.63, 3.8) is 0 Å². The largest absolute Gasteiger partial charge is 0.497 e. The number of rotatable bonds is 11.